The Morgan fingerprint density at radius 3 is 2.78 bits per heavy atom. The molecule has 0 radical (unpaired) electrons. The van der Waals surface area contributed by atoms with Gasteiger partial charge in [-0.2, -0.15) is 0 Å². The number of pyridine rings is 1. The highest BCUT2D eigenvalue weighted by molar-refractivity contribution is 5.69. The largest absolute Gasteiger partial charge is 0.481 e. The van der Waals surface area contributed by atoms with Crippen molar-refractivity contribution in [3.05, 3.63) is 18.3 Å². The highest BCUT2D eigenvalue weighted by Crippen LogP contribution is 2.19. The van der Waals surface area contributed by atoms with E-state index in [1.807, 2.05) is 17.0 Å². The van der Waals surface area contributed by atoms with Crippen LogP contribution in [-0.4, -0.2) is 60.8 Å². The van der Waals surface area contributed by atoms with Gasteiger partial charge < -0.3 is 14.7 Å². The molecule has 2 heterocycles. The number of aliphatic carboxylic acids is 1. The monoisotopic (exact) mass is 251 g/mol. The number of nitrogens with zero attached hydrogens (tertiary/aromatic N) is 3. The van der Waals surface area contributed by atoms with E-state index in [0.29, 0.717) is 5.88 Å². The molecule has 0 unspecified atom stereocenters. The first kappa shape index (κ1) is 12.6. The lowest BCUT2D eigenvalue weighted by molar-refractivity contribution is -0.138. The van der Waals surface area contributed by atoms with Crippen LogP contribution in [-0.2, 0) is 4.79 Å². The molecule has 0 bridgehead atoms. The molecule has 1 saturated heterocycles. The predicted octanol–water partition coefficient (Wildman–Crippen LogP) is 0.297. The summed E-state index contributed by atoms with van der Waals surface area (Å²) in [5, 5.41) is 8.74. The van der Waals surface area contributed by atoms with Gasteiger partial charge in [0.2, 0.25) is 5.88 Å². The minimum Gasteiger partial charge on any atom is -0.481 e. The Morgan fingerprint density at radius 1 is 1.44 bits per heavy atom. The van der Waals surface area contributed by atoms with Crippen LogP contribution < -0.4 is 9.64 Å². The number of hydrogen-bond acceptors (Lipinski definition) is 5. The molecule has 1 N–H and O–H groups in total. The first-order valence-electron chi connectivity index (χ1n) is 5.88. The molecule has 6 heteroatoms. The molecule has 2 rings (SSSR count). The van der Waals surface area contributed by atoms with Crippen LogP contribution >= 0.6 is 0 Å². The van der Waals surface area contributed by atoms with Gasteiger partial charge in [0.1, 0.15) is 0 Å². The smallest absolute Gasteiger partial charge is 0.317 e. The van der Waals surface area contributed by atoms with E-state index in [1.165, 1.54) is 0 Å². The van der Waals surface area contributed by atoms with Crippen LogP contribution in [0.25, 0.3) is 0 Å². The molecule has 1 aliphatic rings. The van der Waals surface area contributed by atoms with Gasteiger partial charge in [-0.15, -0.1) is 0 Å². The number of methoxy groups -OCH3 is 1. The summed E-state index contributed by atoms with van der Waals surface area (Å²) in [4.78, 5) is 18.8. The number of anilines is 1. The Kier molecular flexibility index (Phi) is 3.99. The summed E-state index contributed by atoms with van der Waals surface area (Å²) in [6.07, 6.45) is 1.72. The molecular formula is C12H17N3O3. The predicted molar refractivity (Wildman–Crippen MR) is 67.1 cm³/mol. The summed E-state index contributed by atoms with van der Waals surface area (Å²) >= 11 is 0. The van der Waals surface area contributed by atoms with Gasteiger partial charge in [-0.05, 0) is 6.07 Å². The summed E-state index contributed by atoms with van der Waals surface area (Å²) in [5.41, 5.74) is 1.07. The molecule has 0 aromatic carbocycles. The Morgan fingerprint density at radius 2 is 2.17 bits per heavy atom. The fourth-order valence-corrected chi connectivity index (χ4v) is 2.06. The lowest BCUT2D eigenvalue weighted by Gasteiger charge is -2.35. The molecule has 18 heavy (non-hydrogen) atoms. The van der Waals surface area contributed by atoms with E-state index in [4.69, 9.17) is 9.84 Å². The number of piperazine rings is 1. The summed E-state index contributed by atoms with van der Waals surface area (Å²) < 4.78 is 5.09. The van der Waals surface area contributed by atoms with Crippen molar-refractivity contribution in [2.45, 2.75) is 0 Å². The van der Waals surface area contributed by atoms with Gasteiger partial charge in [0.05, 0.1) is 13.7 Å². The maximum Gasteiger partial charge on any atom is 0.317 e. The second kappa shape index (κ2) is 5.68. The van der Waals surface area contributed by atoms with Crippen LogP contribution in [0.1, 0.15) is 0 Å². The summed E-state index contributed by atoms with van der Waals surface area (Å²) in [5.74, 6) is -0.172. The van der Waals surface area contributed by atoms with Gasteiger partial charge in [-0.3, -0.25) is 9.69 Å². The molecule has 98 valence electrons. The number of ether oxygens (including phenoxy) is 1. The van der Waals surface area contributed by atoms with Gasteiger partial charge >= 0.3 is 5.97 Å². The van der Waals surface area contributed by atoms with E-state index in [9.17, 15) is 4.79 Å². The van der Waals surface area contributed by atoms with Gasteiger partial charge in [0.25, 0.3) is 0 Å². The van der Waals surface area contributed by atoms with Crippen molar-refractivity contribution in [3.63, 3.8) is 0 Å². The zero-order chi connectivity index (χ0) is 13.0. The Bertz CT molecular complexity index is 417. The number of carbonyl (C=O) groups is 1. The average Bonchev–Trinajstić information content (AvgIpc) is 2.39. The number of carboxylic acid groups (broad SMARTS) is 1. The molecule has 0 atom stereocenters. The van der Waals surface area contributed by atoms with E-state index >= 15 is 0 Å². The SMILES string of the molecule is COc1cc(N2CCN(CC(=O)O)CC2)ccn1. The number of aromatic nitrogens is 1. The first-order valence-corrected chi connectivity index (χ1v) is 5.88. The zero-order valence-electron chi connectivity index (χ0n) is 10.4. The van der Waals surface area contributed by atoms with Crippen LogP contribution in [0.3, 0.4) is 0 Å². The normalized spacial score (nSPS) is 16.6. The molecule has 0 saturated carbocycles. The van der Waals surface area contributed by atoms with E-state index in [-0.39, 0.29) is 6.54 Å². The average molecular weight is 251 g/mol. The number of hydrogen-bond donors (Lipinski definition) is 1. The minimum atomic E-state index is -0.769. The van der Waals surface area contributed by atoms with Gasteiger partial charge in [0.15, 0.2) is 0 Å². The van der Waals surface area contributed by atoms with E-state index in [2.05, 4.69) is 9.88 Å². The first-order chi connectivity index (χ1) is 8.69. The third-order valence-corrected chi connectivity index (χ3v) is 3.02. The fourth-order valence-electron chi connectivity index (χ4n) is 2.06. The van der Waals surface area contributed by atoms with Crippen molar-refractivity contribution in [2.24, 2.45) is 0 Å². The van der Waals surface area contributed by atoms with Crippen molar-refractivity contribution in [2.75, 3.05) is 44.7 Å². The van der Waals surface area contributed by atoms with E-state index < -0.39 is 5.97 Å². The van der Waals surface area contributed by atoms with Crippen LogP contribution in [0.2, 0.25) is 0 Å². The quantitative estimate of drug-likeness (QED) is 0.830. The highest BCUT2D eigenvalue weighted by atomic mass is 16.5. The summed E-state index contributed by atoms with van der Waals surface area (Å²) in [6.45, 7) is 3.28. The van der Waals surface area contributed by atoms with Crippen molar-refractivity contribution >= 4 is 11.7 Å². The van der Waals surface area contributed by atoms with Gasteiger partial charge in [0, 0.05) is 44.1 Å². The second-order valence-electron chi connectivity index (χ2n) is 4.21. The molecule has 1 aromatic rings. The summed E-state index contributed by atoms with van der Waals surface area (Å²) in [7, 11) is 1.59. The molecule has 0 spiro atoms. The maximum atomic E-state index is 10.6. The van der Waals surface area contributed by atoms with Crippen molar-refractivity contribution in [1.82, 2.24) is 9.88 Å². The Labute approximate surface area is 106 Å². The third-order valence-electron chi connectivity index (χ3n) is 3.02. The van der Waals surface area contributed by atoms with E-state index in [1.54, 1.807) is 13.3 Å². The topological polar surface area (TPSA) is 65.9 Å². The molecule has 6 nitrogen and oxygen atoms in total. The fraction of sp³-hybridized carbons (Fsp3) is 0.500. The van der Waals surface area contributed by atoms with Crippen LogP contribution in [0.5, 0.6) is 5.88 Å². The maximum absolute atomic E-state index is 10.6. The lowest BCUT2D eigenvalue weighted by atomic mass is 10.2. The molecule has 0 amide bonds. The van der Waals surface area contributed by atoms with Crippen molar-refractivity contribution in [3.8, 4) is 5.88 Å². The standard InChI is InChI=1S/C12H17N3O3/c1-18-11-8-10(2-3-13-11)15-6-4-14(5-7-15)9-12(16)17/h2-3,8H,4-7,9H2,1H3,(H,16,17). The third kappa shape index (κ3) is 3.10. The lowest BCUT2D eigenvalue weighted by Crippen LogP contribution is -2.48. The molecular weight excluding hydrogens is 234 g/mol. The van der Waals surface area contributed by atoms with Crippen molar-refractivity contribution < 1.29 is 14.6 Å². The zero-order valence-corrected chi connectivity index (χ0v) is 10.4. The van der Waals surface area contributed by atoms with Gasteiger partial charge in [-0.25, -0.2) is 4.98 Å². The van der Waals surface area contributed by atoms with Crippen LogP contribution in [0, 0.1) is 0 Å². The Hall–Kier alpha value is -1.82. The molecule has 1 aliphatic heterocycles. The van der Waals surface area contributed by atoms with Crippen LogP contribution in [0.4, 0.5) is 5.69 Å². The Balaban J connectivity index is 1.94. The second-order valence-corrected chi connectivity index (χ2v) is 4.21. The summed E-state index contributed by atoms with van der Waals surface area (Å²) in [6, 6.07) is 3.84. The number of carboxylic acids is 1. The molecule has 1 fully saturated rings. The number of rotatable bonds is 4. The van der Waals surface area contributed by atoms with Crippen LogP contribution in [0.15, 0.2) is 18.3 Å². The van der Waals surface area contributed by atoms with E-state index in [0.717, 1.165) is 31.9 Å². The molecule has 0 aliphatic carbocycles. The molecule has 1 aromatic heterocycles. The van der Waals surface area contributed by atoms with Gasteiger partial charge in [-0.1, -0.05) is 0 Å². The minimum absolute atomic E-state index is 0.119. The highest BCUT2D eigenvalue weighted by Gasteiger charge is 2.19. The van der Waals surface area contributed by atoms with Crippen molar-refractivity contribution in [1.29, 1.82) is 0 Å².